The molecule has 1 rings (SSSR count). The standard InChI is InChI=1S/C8H14N2O5/c1-9(14-2)7(11)6-5-10(8(12)13)3-4-15-6/h6H,3-5H2,1-2H3,(H,12,13)/t6-/m0/s1. The van der Waals surface area contributed by atoms with E-state index in [0.29, 0.717) is 0 Å². The maximum absolute atomic E-state index is 11.6. The first-order chi connectivity index (χ1) is 7.06. The number of carbonyl (C=O) groups excluding carboxylic acids is 1. The Labute approximate surface area is 87.1 Å². The fraction of sp³-hybridized carbons (Fsp3) is 0.750. The molecule has 0 aliphatic carbocycles. The van der Waals surface area contributed by atoms with Crippen molar-refractivity contribution in [2.45, 2.75) is 6.10 Å². The van der Waals surface area contributed by atoms with Crippen LogP contribution in [0.5, 0.6) is 0 Å². The van der Waals surface area contributed by atoms with Crippen molar-refractivity contribution in [3.05, 3.63) is 0 Å². The number of carboxylic acid groups (broad SMARTS) is 1. The molecule has 1 atom stereocenters. The van der Waals surface area contributed by atoms with Gasteiger partial charge in [-0.05, 0) is 0 Å². The molecule has 0 aromatic carbocycles. The summed E-state index contributed by atoms with van der Waals surface area (Å²) in [5, 5.41) is 9.77. The van der Waals surface area contributed by atoms with Crippen LogP contribution in [-0.2, 0) is 14.4 Å². The highest BCUT2D eigenvalue weighted by atomic mass is 16.7. The van der Waals surface area contributed by atoms with Gasteiger partial charge in [-0.1, -0.05) is 0 Å². The van der Waals surface area contributed by atoms with Gasteiger partial charge in [0.25, 0.3) is 5.91 Å². The fourth-order valence-electron chi connectivity index (χ4n) is 1.27. The topological polar surface area (TPSA) is 79.3 Å². The number of amides is 2. The van der Waals surface area contributed by atoms with Crippen molar-refractivity contribution in [3.63, 3.8) is 0 Å². The third kappa shape index (κ3) is 2.80. The fourth-order valence-corrected chi connectivity index (χ4v) is 1.27. The summed E-state index contributed by atoms with van der Waals surface area (Å²) >= 11 is 0. The van der Waals surface area contributed by atoms with Gasteiger partial charge in [0.15, 0.2) is 6.10 Å². The molecule has 1 fully saturated rings. The van der Waals surface area contributed by atoms with Crippen LogP contribution in [-0.4, -0.2) is 67.0 Å². The van der Waals surface area contributed by atoms with Crippen molar-refractivity contribution in [1.82, 2.24) is 9.96 Å². The van der Waals surface area contributed by atoms with Crippen molar-refractivity contribution in [2.24, 2.45) is 0 Å². The average molecular weight is 218 g/mol. The van der Waals surface area contributed by atoms with Crippen molar-refractivity contribution < 1.29 is 24.3 Å². The number of morpholine rings is 1. The number of carbonyl (C=O) groups is 2. The maximum atomic E-state index is 11.6. The molecule has 0 saturated carbocycles. The summed E-state index contributed by atoms with van der Waals surface area (Å²) in [4.78, 5) is 28.1. The van der Waals surface area contributed by atoms with Crippen LogP contribution < -0.4 is 0 Å². The molecule has 0 radical (unpaired) electrons. The van der Waals surface area contributed by atoms with E-state index >= 15 is 0 Å². The molecule has 0 spiro atoms. The molecule has 7 heteroatoms. The molecule has 0 aromatic heterocycles. The second-order valence-corrected chi connectivity index (χ2v) is 3.11. The summed E-state index contributed by atoms with van der Waals surface area (Å²) in [6.45, 7) is 0.554. The molecule has 86 valence electrons. The zero-order chi connectivity index (χ0) is 11.4. The van der Waals surface area contributed by atoms with Crippen LogP contribution in [0.2, 0.25) is 0 Å². The zero-order valence-electron chi connectivity index (χ0n) is 8.67. The van der Waals surface area contributed by atoms with E-state index in [4.69, 9.17) is 14.7 Å². The first kappa shape index (κ1) is 11.7. The number of hydrogen-bond donors (Lipinski definition) is 1. The van der Waals surface area contributed by atoms with Gasteiger partial charge in [-0.25, -0.2) is 9.86 Å². The van der Waals surface area contributed by atoms with Gasteiger partial charge in [-0.2, -0.15) is 0 Å². The molecule has 1 aliphatic rings. The lowest BCUT2D eigenvalue weighted by molar-refractivity contribution is -0.184. The Hall–Kier alpha value is -1.34. The van der Waals surface area contributed by atoms with Crippen molar-refractivity contribution >= 4 is 12.0 Å². The van der Waals surface area contributed by atoms with Crippen molar-refractivity contribution in [1.29, 1.82) is 0 Å². The molecule has 1 N–H and O–H groups in total. The molecule has 0 unspecified atom stereocenters. The lowest BCUT2D eigenvalue weighted by Gasteiger charge is -2.31. The summed E-state index contributed by atoms with van der Waals surface area (Å²) in [7, 11) is 2.81. The van der Waals surface area contributed by atoms with E-state index in [-0.39, 0.29) is 25.6 Å². The third-order valence-corrected chi connectivity index (χ3v) is 2.20. The van der Waals surface area contributed by atoms with Gasteiger partial charge in [-0.15, -0.1) is 0 Å². The SMILES string of the molecule is CON(C)C(=O)[C@@H]1CN(C(=O)O)CCO1. The largest absolute Gasteiger partial charge is 0.465 e. The summed E-state index contributed by atoms with van der Waals surface area (Å²) < 4.78 is 5.17. The smallest absolute Gasteiger partial charge is 0.407 e. The molecular weight excluding hydrogens is 204 g/mol. The normalized spacial score (nSPS) is 21.2. The van der Waals surface area contributed by atoms with E-state index in [2.05, 4.69) is 0 Å². The molecule has 1 saturated heterocycles. The predicted octanol–water partition coefficient (Wildman–Crippen LogP) is -0.615. The Kier molecular flexibility index (Phi) is 3.87. The summed E-state index contributed by atoms with van der Waals surface area (Å²) in [5.74, 6) is -0.386. The van der Waals surface area contributed by atoms with Gasteiger partial charge in [0.2, 0.25) is 0 Å². The van der Waals surface area contributed by atoms with E-state index in [1.54, 1.807) is 0 Å². The van der Waals surface area contributed by atoms with E-state index in [1.165, 1.54) is 14.2 Å². The number of ether oxygens (including phenoxy) is 1. The zero-order valence-corrected chi connectivity index (χ0v) is 8.67. The van der Waals surface area contributed by atoms with Crippen LogP contribution in [0.1, 0.15) is 0 Å². The Morgan fingerprint density at radius 2 is 2.27 bits per heavy atom. The van der Waals surface area contributed by atoms with Gasteiger partial charge in [-0.3, -0.25) is 9.63 Å². The Morgan fingerprint density at radius 1 is 1.60 bits per heavy atom. The minimum atomic E-state index is -1.05. The van der Waals surface area contributed by atoms with Crippen LogP contribution in [0.3, 0.4) is 0 Å². The molecule has 7 nitrogen and oxygen atoms in total. The lowest BCUT2D eigenvalue weighted by Crippen LogP contribution is -2.51. The van der Waals surface area contributed by atoms with E-state index < -0.39 is 12.2 Å². The lowest BCUT2D eigenvalue weighted by atomic mass is 10.2. The van der Waals surface area contributed by atoms with E-state index in [1.807, 2.05) is 0 Å². The second-order valence-electron chi connectivity index (χ2n) is 3.11. The molecule has 15 heavy (non-hydrogen) atoms. The van der Waals surface area contributed by atoms with Crippen LogP contribution in [0.4, 0.5) is 4.79 Å². The number of hydroxylamine groups is 2. The summed E-state index contributed by atoms with van der Waals surface area (Å²) in [6, 6.07) is 0. The minimum Gasteiger partial charge on any atom is -0.465 e. The van der Waals surface area contributed by atoms with Gasteiger partial charge in [0.1, 0.15) is 0 Å². The van der Waals surface area contributed by atoms with Gasteiger partial charge in [0.05, 0.1) is 20.3 Å². The van der Waals surface area contributed by atoms with Crippen LogP contribution in [0.25, 0.3) is 0 Å². The molecular formula is C8H14N2O5. The number of hydrogen-bond acceptors (Lipinski definition) is 4. The van der Waals surface area contributed by atoms with Crippen LogP contribution in [0, 0.1) is 0 Å². The minimum absolute atomic E-state index is 0.0435. The molecule has 1 heterocycles. The molecule has 0 aromatic rings. The maximum Gasteiger partial charge on any atom is 0.407 e. The monoisotopic (exact) mass is 218 g/mol. The summed E-state index contributed by atoms with van der Waals surface area (Å²) in [6.07, 6.45) is -1.82. The second kappa shape index (κ2) is 4.94. The number of likely N-dealkylation sites (N-methyl/N-ethyl adjacent to an activating group) is 1. The quantitative estimate of drug-likeness (QED) is 0.625. The predicted molar refractivity (Wildman–Crippen MR) is 49.1 cm³/mol. The average Bonchev–Trinajstić information content (AvgIpc) is 2.27. The van der Waals surface area contributed by atoms with Gasteiger partial charge >= 0.3 is 6.09 Å². The van der Waals surface area contributed by atoms with E-state index in [0.717, 1.165) is 9.96 Å². The highest BCUT2D eigenvalue weighted by Crippen LogP contribution is 2.07. The van der Waals surface area contributed by atoms with Gasteiger partial charge < -0.3 is 14.7 Å². The van der Waals surface area contributed by atoms with Crippen molar-refractivity contribution in [2.75, 3.05) is 33.9 Å². The number of rotatable bonds is 2. The Morgan fingerprint density at radius 3 is 2.80 bits per heavy atom. The highest BCUT2D eigenvalue weighted by Gasteiger charge is 2.31. The first-order valence-corrected chi connectivity index (χ1v) is 4.47. The molecule has 0 bridgehead atoms. The Bertz CT molecular complexity index is 257. The first-order valence-electron chi connectivity index (χ1n) is 4.47. The molecule has 2 amide bonds. The highest BCUT2D eigenvalue weighted by molar-refractivity contribution is 5.80. The molecule has 1 aliphatic heterocycles. The number of nitrogens with zero attached hydrogens (tertiary/aromatic N) is 2. The van der Waals surface area contributed by atoms with Gasteiger partial charge in [0, 0.05) is 13.6 Å². The van der Waals surface area contributed by atoms with Crippen molar-refractivity contribution in [3.8, 4) is 0 Å². The van der Waals surface area contributed by atoms with E-state index in [9.17, 15) is 9.59 Å². The Balaban J connectivity index is 2.56. The summed E-state index contributed by atoms with van der Waals surface area (Å²) in [5.41, 5.74) is 0. The third-order valence-electron chi connectivity index (χ3n) is 2.20. The van der Waals surface area contributed by atoms with Crippen LogP contribution >= 0.6 is 0 Å². The van der Waals surface area contributed by atoms with Crippen LogP contribution in [0.15, 0.2) is 0 Å².